The number of hydrogen-bond donors (Lipinski definition) is 2. The lowest BCUT2D eigenvalue weighted by atomic mass is 9.82. The number of guanidine groups is 1. The van der Waals surface area contributed by atoms with Crippen LogP contribution in [-0.2, 0) is 22.4 Å². The number of aliphatic imine (C=N–C) groups is 1. The van der Waals surface area contributed by atoms with E-state index in [1.54, 1.807) is 0 Å². The van der Waals surface area contributed by atoms with E-state index in [1.807, 2.05) is 13.0 Å². The number of unbranched alkanes of at least 4 members (excludes halogenated alkanes) is 1. The average Bonchev–Trinajstić information content (AvgIpc) is 2.57. The highest BCUT2D eigenvalue weighted by molar-refractivity contribution is 5.75. The van der Waals surface area contributed by atoms with Gasteiger partial charge in [-0.2, -0.15) is 0 Å². The zero-order chi connectivity index (χ0) is 18.1. The molecule has 2 rings (SSSR count). The number of esters is 1. The molecular weight excluding hydrogens is 318 g/mol. The molecule has 0 fully saturated rings. The van der Waals surface area contributed by atoms with Crippen molar-refractivity contribution >= 4 is 11.9 Å². The third kappa shape index (κ3) is 6.64. The number of fused-ring (bicyclic) bond motifs is 1. The lowest BCUT2D eigenvalue weighted by Crippen LogP contribution is -2.23. The summed E-state index contributed by atoms with van der Waals surface area (Å²) in [4.78, 5) is 15.6. The van der Waals surface area contributed by atoms with Gasteiger partial charge >= 0.3 is 5.97 Å². The van der Waals surface area contributed by atoms with Crippen molar-refractivity contribution in [3.63, 3.8) is 0 Å². The zero-order valence-corrected chi connectivity index (χ0v) is 15.0. The first-order valence-electron chi connectivity index (χ1n) is 9.04. The first-order chi connectivity index (χ1) is 12.1. The van der Waals surface area contributed by atoms with E-state index in [-0.39, 0.29) is 11.9 Å². The molecule has 6 heteroatoms. The van der Waals surface area contributed by atoms with Crippen LogP contribution >= 0.6 is 0 Å². The maximum Gasteiger partial charge on any atom is 0.306 e. The molecule has 0 saturated heterocycles. The van der Waals surface area contributed by atoms with Gasteiger partial charge in [0.2, 0.25) is 0 Å². The fourth-order valence-electron chi connectivity index (χ4n) is 3.14. The maximum absolute atomic E-state index is 11.7. The predicted octanol–water partition coefficient (Wildman–Crippen LogP) is 2.18. The largest absolute Gasteiger partial charge is 0.494 e. The lowest BCUT2D eigenvalue weighted by molar-refractivity contribution is -0.144. The van der Waals surface area contributed by atoms with Crippen molar-refractivity contribution < 1.29 is 14.3 Å². The molecule has 0 spiro atoms. The molecule has 1 atom stereocenters. The van der Waals surface area contributed by atoms with E-state index in [0.29, 0.717) is 32.1 Å². The van der Waals surface area contributed by atoms with Crippen LogP contribution in [-0.4, -0.2) is 31.7 Å². The summed E-state index contributed by atoms with van der Waals surface area (Å²) in [5, 5.41) is 0. The van der Waals surface area contributed by atoms with Crippen LogP contribution in [0, 0.1) is 5.92 Å². The quantitative estimate of drug-likeness (QED) is 0.309. The summed E-state index contributed by atoms with van der Waals surface area (Å²) >= 11 is 0. The normalized spacial score (nSPS) is 16.0. The van der Waals surface area contributed by atoms with Crippen LogP contribution in [0.1, 0.15) is 43.7 Å². The Kier molecular flexibility index (Phi) is 7.57. The van der Waals surface area contributed by atoms with Crippen molar-refractivity contribution in [1.82, 2.24) is 0 Å². The van der Waals surface area contributed by atoms with Crippen molar-refractivity contribution in [2.24, 2.45) is 22.4 Å². The van der Waals surface area contributed by atoms with E-state index in [0.717, 1.165) is 37.9 Å². The maximum atomic E-state index is 11.7. The first-order valence-corrected chi connectivity index (χ1v) is 9.04. The topological polar surface area (TPSA) is 99.9 Å². The van der Waals surface area contributed by atoms with Gasteiger partial charge in [0, 0.05) is 13.0 Å². The van der Waals surface area contributed by atoms with E-state index in [1.165, 1.54) is 11.1 Å². The number of ether oxygens (including phenoxy) is 2. The van der Waals surface area contributed by atoms with Gasteiger partial charge < -0.3 is 20.9 Å². The molecule has 1 aliphatic carbocycles. The summed E-state index contributed by atoms with van der Waals surface area (Å²) in [6.07, 6.45) is 5.26. The molecule has 138 valence electrons. The minimum atomic E-state index is -0.0934. The second-order valence-electron chi connectivity index (χ2n) is 6.41. The molecule has 0 bridgehead atoms. The van der Waals surface area contributed by atoms with Crippen LogP contribution in [0.5, 0.6) is 5.75 Å². The highest BCUT2D eigenvalue weighted by atomic mass is 16.5. The van der Waals surface area contributed by atoms with E-state index < -0.39 is 0 Å². The second-order valence-corrected chi connectivity index (χ2v) is 6.41. The zero-order valence-electron chi connectivity index (χ0n) is 15.0. The number of nitrogens with zero attached hydrogens (tertiary/aromatic N) is 1. The Balaban J connectivity index is 1.80. The summed E-state index contributed by atoms with van der Waals surface area (Å²) in [7, 11) is 0. The SMILES string of the molecule is CCOC(=O)CC1CCc2ccc(OCCCCN=C(N)N)cc2C1. The number of aryl methyl sites for hydroxylation is 1. The smallest absolute Gasteiger partial charge is 0.306 e. The molecule has 4 N–H and O–H groups in total. The number of rotatable bonds is 9. The van der Waals surface area contributed by atoms with E-state index in [2.05, 4.69) is 17.1 Å². The van der Waals surface area contributed by atoms with Crippen LogP contribution in [0.2, 0.25) is 0 Å². The van der Waals surface area contributed by atoms with Crippen molar-refractivity contribution in [3.8, 4) is 5.75 Å². The summed E-state index contributed by atoms with van der Waals surface area (Å²) in [6.45, 7) is 3.56. The number of carbonyl (C=O) groups is 1. The molecule has 25 heavy (non-hydrogen) atoms. The van der Waals surface area contributed by atoms with Gasteiger partial charge in [0.15, 0.2) is 5.96 Å². The summed E-state index contributed by atoms with van der Waals surface area (Å²) in [6, 6.07) is 6.29. The summed E-state index contributed by atoms with van der Waals surface area (Å²) < 4.78 is 10.9. The van der Waals surface area contributed by atoms with Crippen molar-refractivity contribution in [1.29, 1.82) is 0 Å². The Morgan fingerprint density at radius 3 is 2.88 bits per heavy atom. The van der Waals surface area contributed by atoms with Gasteiger partial charge in [0.05, 0.1) is 13.2 Å². The molecule has 0 aromatic heterocycles. The van der Waals surface area contributed by atoms with Crippen LogP contribution in [0.3, 0.4) is 0 Å². The van der Waals surface area contributed by atoms with Gasteiger partial charge in [-0.05, 0) is 68.2 Å². The van der Waals surface area contributed by atoms with Crippen LogP contribution in [0.25, 0.3) is 0 Å². The van der Waals surface area contributed by atoms with Gasteiger partial charge in [0.1, 0.15) is 5.75 Å². The number of carbonyl (C=O) groups excluding carboxylic acids is 1. The van der Waals surface area contributed by atoms with Gasteiger partial charge in [-0.15, -0.1) is 0 Å². The minimum absolute atomic E-state index is 0.0934. The number of nitrogens with two attached hydrogens (primary N) is 2. The molecule has 0 amide bonds. The molecule has 1 aromatic rings. The van der Waals surface area contributed by atoms with Crippen LogP contribution in [0.15, 0.2) is 23.2 Å². The molecular formula is C19H29N3O3. The first kappa shape index (κ1) is 19.1. The number of benzene rings is 1. The highest BCUT2D eigenvalue weighted by Gasteiger charge is 2.22. The van der Waals surface area contributed by atoms with Crippen molar-refractivity contribution in [2.45, 2.75) is 45.4 Å². The van der Waals surface area contributed by atoms with Gasteiger partial charge in [0.25, 0.3) is 0 Å². The highest BCUT2D eigenvalue weighted by Crippen LogP contribution is 2.30. The van der Waals surface area contributed by atoms with Crippen LogP contribution < -0.4 is 16.2 Å². The predicted molar refractivity (Wildman–Crippen MR) is 98.6 cm³/mol. The number of hydrogen-bond acceptors (Lipinski definition) is 4. The fraction of sp³-hybridized carbons (Fsp3) is 0.579. The summed E-state index contributed by atoms with van der Waals surface area (Å²) in [5.41, 5.74) is 13.2. The van der Waals surface area contributed by atoms with Gasteiger partial charge in [-0.1, -0.05) is 6.07 Å². The molecule has 1 aliphatic rings. The Morgan fingerprint density at radius 2 is 2.12 bits per heavy atom. The van der Waals surface area contributed by atoms with Gasteiger partial charge in [-0.25, -0.2) is 0 Å². The summed E-state index contributed by atoms with van der Waals surface area (Å²) in [5.74, 6) is 1.29. The monoisotopic (exact) mass is 347 g/mol. The van der Waals surface area contributed by atoms with Gasteiger partial charge in [-0.3, -0.25) is 9.79 Å². The van der Waals surface area contributed by atoms with Crippen molar-refractivity contribution in [3.05, 3.63) is 29.3 Å². The molecule has 6 nitrogen and oxygen atoms in total. The molecule has 1 aromatic carbocycles. The Labute approximate surface area is 149 Å². The molecule has 0 aliphatic heterocycles. The molecule has 0 radical (unpaired) electrons. The molecule has 0 saturated carbocycles. The standard InChI is InChI=1S/C19H29N3O3/c1-2-24-18(23)12-14-5-6-15-7-8-17(13-16(15)11-14)25-10-4-3-9-22-19(20)21/h7-8,13-14H,2-6,9-12H2,1H3,(H4,20,21,22). The van der Waals surface area contributed by atoms with Crippen molar-refractivity contribution in [2.75, 3.05) is 19.8 Å². The minimum Gasteiger partial charge on any atom is -0.494 e. The Hall–Kier alpha value is -2.24. The Bertz CT molecular complexity index is 598. The molecule has 0 heterocycles. The molecule has 1 unspecified atom stereocenters. The van der Waals surface area contributed by atoms with E-state index in [4.69, 9.17) is 20.9 Å². The Morgan fingerprint density at radius 1 is 1.28 bits per heavy atom. The fourth-order valence-corrected chi connectivity index (χ4v) is 3.14. The third-order valence-corrected chi connectivity index (χ3v) is 4.38. The van der Waals surface area contributed by atoms with E-state index in [9.17, 15) is 4.79 Å². The van der Waals surface area contributed by atoms with E-state index >= 15 is 0 Å². The van der Waals surface area contributed by atoms with Crippen LogP contribution in [0.4, 0.5) is 0 Å². The third-order valence-electron chi connectivity index (χ3n) is 4.38. The lowest BCUT2D eigenvalue weighted by Gasteiger charge is -2.24. The average molecular weight is 347 g/mol. The second kappa shape index (κ2) is 9.91.